The molecule has 1 aromatic heterocycles. The molecule has 0 radical (unpaired) electrons. The van der Waals surface area contributed by atoms with Gasteiger partial charge in [-0.2, -0.15) is 13.2 Å². The number of carboxylic acid groups (broad SMARTS) is 1. The minimum absolute atomic E-state index is 0.0375. The van der Waals surface area contributed by atoms with Gasteiger partial charge in [-0.05, 0) is 55.4 Å². The van der Waals surface area contributed by atoms with Gasteiger partial charge in [0.2, 0.25) is 5.91 Å². The number of alkyl halides is 3. The Morgan fingerprint density at radius 1 is 1.29 bits per heavy atom. The number of carbonyl (C=O) groups excluding carboxylic acids is 1. The van der Waals surface area contributed by atoms with Crippen LogP contribution in [-0.4, -0.2) is 66.9 Å². The van der Waals surface area contributed by atoms with Crippen molar-refractivity contribution in [3.63, 3.8) is 0 Å². The van der Waals surface area contributed by atoms with Gasteiger partial charge in [-0.3, -0.25) is 4.79 Å². The number of hydrogen-bond acceptors (Lipinski definition) is 5. The minimum Gasteiger partial charge on any atom is -0.475 e. The molecule has 3 fully saturated rings. The average Bonchev–Trinajstić information content (AvgIpc) is 3.38. The molecule has 10 heteroatoms. The number of thiophene rings is 1. The fourth-order valence-corrected chi connectivity index (χ4v) is 4.84. The molecule has 1 aromatic rings. The number of amides is 1. The summed E-state index contributed by atoms with van der Waals surface area (Å²) in [5.74, 6) is -1.05. The van der Waals surface area contributed by atoms with E-state index in [-0.39, 0.29) is 11.8 Å². The van der Waals surface area contributed by atoms with E-state index in [0.717, 1.165) is 38.3 Å². The van der Waals surface area contributed by atoms with Gasteiger partial charge < -0.3 is 20.1 Å². The Morgan fingerprint density at radius 3 is 2.65 bits per heavy atom. The molecule has 6 nitrogen and oxygen atoms in total. The zero-order valence-corrected chi connectivity index (χ0v) is 18.1. The smallest absolute Gasteiger partial charge is 0.475 e. The lowest BCUT2D eigenvalue weighted by Crippen LogP contribution is -2.50. The summed E-state index contributed by atoms with van der Waals surface area (Å²) in [6.45, 7) is 4.91. The summed E-state index contributed by atoms with van der Waals surface area (Å²) in [5, 5.41) is 12.3. The van der Waals surface area contributed by atoms with Crippen LogP contribution in [0, 0.1) is 17.8 Å². The molecule has 1 saturated carbocycles. The molecule has 31 heavy (non-hydrogen) atoms. The zero-order valence-electron chi connectivity index (χ0n) is 17.3. The van der Waals surface area contributed by atoms with Crippen LogP contribution in [0.25, 0.3) is 0 Å². The van der Waals surface area contributed by atoms with Crippen LogP contribution in [0.2, 0.25) is 0 Å². The highest BCUT2D eigenvalue weighted by molar-refractivity contribution is 7.09. The van der Waals surface area contributed by atoms with E-state index in [9.17, 15) is 18.0 Å². The summed E-state index contributed by atoms with van der Waals surface area (Å²) in [7, 11) is 0. The highest BCUT2D eigenvalue weighted by Gasteiger charge is 2.39. The number of hydrogen-bond donors (Lipinski definition) is 2. The van der Waals surface area contributed by atoms with E-state index in [1.807, 2.05) is 0 Å². The molecule has 174 valence electrons. The van der Waals surface area contributed by atoms with Gasteiger partial charge >= 0.3 is 12.1 Å². The summed E-state index contributed by atoms with van der Waals surface area (Å²) in [5.41, 5.74) is 0. The molecule has 0 aromatic carbocycles. The Morgan fingerprint density at radius 2 is 2.03 bits per heavy atom. The van der Waals surface area contributed by atoms with Gasteiger partial charge in [0.15, 0.2) is 0 Å². The van der Waals surface area contributed by atoms with Crippen LogP contribution in [0.1, 0.15) is 30.6 Å². The monoisotopic (exact) mass is 462 g/mol. The third-order valence-electron chi connectivity index (χ3n) is 5.92. The minimum atomic E-state index is -5.08. The van der Waals surface area contributed by atoms with Crippen LogP contribution in [0.5, 0.6) is 0 Å². The topological polar surface area (TPSA) is 78.9 Å². The molecular weight excluding hydrogens is 433 g/mol. The fraction of sp³-hybridized carbons (Fsp3) is 0.714. The molecule has 0 unspecified atom stereocenters. The van der Waals surface area contributed by atoms with Crippen LogP contribution in [0.15, 0.2) is 17.5 Å². The maximum Gasteiger partial charge on any atom is 0.490 e. The van der Waals surface area contributed by atoms with Gasteiger partial charge in [0.05, 0.1) is 18.6 Å². The molecule has 2 aliphatic heterocycles. The maximum absolute atomic E-state index is 12.5. The summed E-state index contributed by atoms with van der Waals surface area (Å²) in [6, 6.07) is 4.19. The second-order valence-electron chi connectivity index (χ2n) is 8.48. The zero-order chi connectivity index (χ0) is 22.4. The molecule has 0 spiro atoms. The largest absolute Gasteiger partial charge is 0.490 e. The second kappa shape index (κ2) is 10.8. The number of rotatable bonds is 6. The first kappa shape index (κ1) is 24.0. The number of fused-ring (bicyclic) bond motifs is 1. The predicted octanol–water partition coefficient (Wildman–Crippen LogP) is 3.18. The standard InChI is InChI=1S/C19H28N2O2S.C2HF3O2/c22-19(20-7-5-17-2-1-9-24-17)16-10-15-12-21(11-14-3-4-14)8-6-18(15)23-13-16;3-2(4,5)1(6)7/h1-2,9,14-16,18H,3-8,10-13H2,(H,20,22);(H,6,7)/t15-,16-,18+;/m1./s1. The molecule has 3 atom stereocenters. The third-order valence-corrected chi connectivity index (χ3v) is 6.86. The highest BCUT2D eigenvalue weighted by atomic mass is 32.1. The summed E-state index contributed by atoms with van der Waals surface area (Å²) < 4.78 is 37.8. The van der Waals surface area contributed by atoms with Crippen molar-refractivity contribution in [2.24, 2.45) is 17.8 Å². The van der Waals surface area contributed by atoms with E-state index < -0.39 is 12.1 Å². The van der Waals surface area contributed by atoms with Crippen molar-refractivity contribution in [3.05, 3.63) is 22.4 Å². The molecule has 4 rings (SSSR count). The number of aliphatic carboxylic acids is 1. The highest BCUT2D eigenvalue weighted by Crippen LogP contribution is 2.35. The molecule has 3 heterocycles. The Labute approximate surface area is 183 Å². The van der Waals surface area contributed by atoms with Crippen molar-refractivity contribution in [3.8, 4) is 0 Å². The van der Waals surface area contributed by atoms with Gasteiger partial charge in [0, 0.05) is 31.1 Å². The van der Waals surface area contributed by atoms with Gasteiger partial charge in [-0.15, -0.1) is 11.3 Å². The van der Waals surface area contributed by atoms with E-state index in [2.05, 4.69) is 27.7 Å². The molecule has 3 aliphatic rings. The van der Waals surface area contributed by atoms with E-state index in [1.165, 1.54) is 30.8 Å². The Bertz CT molecular complexity index is 725. The Kier molecular flexibility index (Phi) is 8.35. The maximum atomic E-state index is 12.5. The van der Waals surface area contributed by atoms with Gasteiger partial charge in [-0.25, -0.2) is 4.79 Å². The van der Waals surface area contributed by atoms with E-state index in [0.29, 0.717) is 18.6 Å². The van der Waals surface area contributed by atoms with Crippen LogP contribution < -0.4 is 5.32 Å². The lowest BCUT2D eigenvalue weighted by atomic mass is 9.83. The number of piperidine rings is 1. The number of halogens is 3. The number of carbonyl (C=O) groups is 2. The van der Waals surface area contributed by atoms with Crippen molar-refractivity contribution < 1.29 is 32.6 Å². The van der Waals surface area contributed by atoms with Crippen molar-refractivity contribution in [1.82, 2.24) is 10.2 Å². The normalized spacial score (nSPS) is 26.4. The number of likely N-dealkylation sites (tertiary alicyclic amines) is 1. The van der Waals surface area contributed by atoms with Crippen LogP contribution >= 0.6 is 11.3 Å². The fourth-order valence-electron chi connectivity index (χ4n) is 4.13. The molecule has 1 aliphatic carbocycles. The van der Waals surface area contributed by atoms with Gasteiger partial charge in [-0.1, -0.05) is 6.07 Å². The summed E-state index contributed by atoms with van der Waals surface area (Å²) >= 11 is 1.75. The summed E-state index contributed by atoms with van der Waals surface area (Å²) in [4.78, 5) is 25.3. The van der Waals surface area contributed by atoms with Crippen molar-refractivity contribution >= 4 is 23.2 Å². The number of carboxylic acids is 1. The lowest BCUT2D eigenvalue weighted by molar-refractivity contribution is -0.192. The number of nitrogens with zero attached hydrogens (tertiary/aromatic N) is 1. The average molecular weight is 463 g/mol. The SMILES string of the molecule is O=C(NCCc1cccs1)[C@H]1CO[C@H]2CCN(CC3CC3)C[C@H]2C1.O=C(O)C(F)(F)F. The third kappa shape index (κ3) is 7.76. The van der Waals surface area contributed by atoms with Gasteiger partial charge in [0.25, 0.3) is 0 Å². The van der Waals surface area contributed by atoms with Crippen LogP contribution in [0.4, 0.5) is 13.2 Å². The van der Waals surface area contributed by atoms with E-state index in [4.69, 9.17) is 14.6 Å². The van der Waals surface area contributed by atoms with Crippen molar-refractivity contribution in [2.45, 2.75) is 44.4 Å². The van der Waals surface area contributed by atoms with E-state index in [1.54, 1.807) is 11.3 Å². The van der Waals surface area contributed by atoms with E-state index >= 15 is 0 Å². The Hall–Kier alpha value is -1.65. The Balaban J connectivity index is 0.000000339. The van der Waals surface area contributed by atoms with Crippen LogP contribution in [0.3, 0.4) is 0 Å². The molecule has 0 bridgehead atoms. The number of ether oxygens (including phenoxy) is 1. The van der Waals surface area contributed by atoms with Crippen molar-refractivity contribution in [2.75, 3.05) is 32.8 Å². The van der Waals surface area contributed by atoms with Gasteiger partial charge in [0.1, 0.15) is 0 Å². The lowest BCUT2D eigenvalue weighted by Gasteiger charge is -2.43. The summed E-state index contributed by atoms with van der Waals surface area (Å²) in [6.07, 6.45) is 1.20. The first-order valence-corrected chi connectivity index (χ1v) is 11.5. The second-order valence-corrected chi connectivity index (χ2v) is 9.51. The molecule has 2 saturated heterocycles. The predicted molar refractivity (Wildman–Crippen MR) is 110 cm³/mol. The number of nitrogens with one attached hydrogen (secondary N) is 1. The molecule has 2 N–H and O–H groups in total. The first-order chi connectivity index (χ1) is 14.7. The molecular formula is C21H29F3N2O4S. The quantitative estimate of drug-likeness (QED) is 0.679. The van der Waals surface area contributed by atoms with Crippen molar-refractivity contribution in [1.29, 1.82) is 0 Å². The molecule has 1 amide bonds. The first-order valence-electron chi connectivity index (χ1n) is 10.7. The van der Waals surface area contributed by atoms with Crippen LogP contribution in [-0.2, 0) is 20.7 Å².